The van der Waals surface area contributed by atoms with E-state index in [2.05, 4.69) is 10.2 Å². The van der Waals surface area contributed by atoms with Crippen molar-refractivity contribution in [3.8, 4) is 11.3 Å². The van der Waals surface area contributed by atoms with Crippen molar-refractivity contribution in [2.75, 3.05) is 6.26 Å². The molecule has 84 valence electrons. The summed E-state index contributed by atoms with van der Waals surface area (Å²) in [6, 6.07) is 7.61. The van der Waals surface area contributed by atoms with Crippen molar-refractivity contribution in [2.24, 2.45) is 0 Å². The highest BCUT2D eigenvalue weighted by atomic mass is 32.2. The number of nitrogens with zero attached hydrogens (tertiary/aromatic N) is 1. The van der Waals surface area contributed by atoms with Gasteiger partial charge in [0.15, 0.2) is 9.84 Å². The first-order valence-corrected chi connectivity index (χ1v) is 6.68. The molecular weight excluding hydrogens is 224 g/mol. The first-order chi connectivity index (χ1) is 7.48. The molecule has 0 saturated carbocycles. The summed E-state index contributed by atoms with van der Waals surface area (Å²) in [5, 5.41) is 6.50. The van der Waals surface area contributed by atoms with Crippen LogP contribution in [0.5, 0.6) is 0 Å². The van der Waals surface area contributed by atoms with Crippen molar-refractivity contribution in [1.82, 2.24) is 10.2 Å². The third-order valence-corrected chi connectivity index (χ3v) is 3.45. The fraction of sp³-hybridized carbons (Fsp3) is 0.182. The molecule has 0 aliphatic heterocycles. The van der Waals surface area contributed by atoms with Gasteiger partial charge in [-0.05, 0) is 6.92 Å². The van der Waals surface area contributed by atoms with Crippen molar-refractivity contribution in [3.05, 3.63) is 36.0 Å². The van der Waals surface area contributed by atoms with E-state index in [9.17, 15) is 8.42 Å². The maximum Gasteiger partial charge on any atom is 0.179 e. The van der Waals surface area contributed by atoms with Crippen molar-refractivity contribution < 1.29 is 8.42 Å². The van der Waals surface area contributed by atoms with Crippen LogP contribution in [0.3, 0.4) is 0 Å². The van der Waals surface area contributed by atoms with Gasteiger partial charge in [0.2, 0.25) is 0 Å². The van der Waals surface area contributed by atoms with E-state index < -0.39 is 9.84 Å². The summed E-state index contributed by atoms with van der Waals surface area (Å²) in [6.07, 6.45) is 2.51. The molecule has 4 nitrogen and oxygen atoms in total. The van der Waals surface area contributed by atoms with Crippen LogP contribution in [0, 0.1) is 6.92 Å². The summed E-state index contributed by atoms with van der Waals surface area (Å²) in [4.78, 5) is 0.233. The molecule has 0 aliphatic carbocycles. The highest BCUT2D eigenvalue weighted by Gasteiger charge is 2.16. The Kier molecular flexibility index (Phi) is 2.55. The Morgan fingerprint density at radius 3 is 2.38 bits per heavy atom. The maximum absolute atomic E-state index is 11.5. The Labute approximate surface area is 94.2 Å². The van der Waals surface area contributed by atoms with E-state index in [4.69, 9.17) is 0 Å². The fourth-order valence-electron chi connectivity index (χ4n) is 1.48. The van der Waals surface area contributed by atoms with Gasteiger partial charge >= 0.3 is 0 Å². The summed E-state index contributed by atoms with van der Waals surface area (Å²) in [5.41, 5.74) is 2.50. The zero-order valence-corrected chi connectivity index (χ0v) is 9.88. The van der Waals surface area contributed by atoms with Gasteiger partial charge in [-0.25, -0.2) is 8.42 Å². The topological polar surface area (TPSA) is 62.8 Å². The smallest absolute Gasteiger partial charge is 0.179 e. The first kappa shape index (κ1) is 10.9. The number of sulfone groups is 1. The Morgan fingerprint density at radius 2 is 1.81 bits per heavy atom. The molecular formula is C11H12N2O2S. The molecule has 1 N–H and O–H groups in total. The van der Waals surface area contributed by atoms with Crippen LogP contribution in [0.2, 0.25) is 0 Å². The van der Waals surface area contributed by atoms with Gasteiger partial charge in [0.1, 0.15) is 4.90 Å². The molecule has 5 heteroatoms. The minimum Gasteiger partial charge on any atom is -0.276 e. The van der Waals surface area contributed by atoms with Crippen LogP contribution >= 0.6 is 0 Å². The molecule has 0 saturated heterocycles. The third kappa shape index (κ3) is 1.99. The average Bonchev–Trinajstić information content (AvgIpc) is 2.66. The van der Waals surface area contributed by atoms with Gasteiger partial charge in [-0.15, -0.1) is 0 Å². The van der Waals surface area contributed by atoms with Gasteiger partial charge in [0.05, 0.1) is 11.9 Å². The van der Waals surface area contributed by atoms with E-state index in [0.29, 0.717) is 5.69 Å². The molecule has 1 aromatic carbocycles. The molecule has 0 unspecified atom stereocenters. The minimum absolute atomic E-state index is 0.233. The number of aromatic amines is 1. The molecule has 2 rings (SSSR count). The number of rotatable bonds is 2. The van der Waals surface area contributed by atoms with Gasteiger partial charge in [-0.2, -0.15) is 5.10 Å². The molecule has 0 fully saturated rings. The lowest BCUT2D eigenvalue weighted by Gasteiger charge is -2.01. The number of benzene rings is 1. The molecule has 0 spiro atoms. The monoisotopic (exact) mass is 236 g/mol. The van der Waals surface area contributed by atoms with E-state index in [1.54, 1.807) is 0 Å². The standard InChI is InChI=1S/C11H12N2O2S/c1-8-3-5-9(6-4-8)11-10(7-12-13-11)16(2,14)15/h3-7H,1-2H3,(H,12,13). The van der Waals surface area contributed by atoms with Crippen molar-refractivity contribution in [1.29, 1.82) is 0 Å². The normalized spacial score (nSPS) is 11.6. The molecule has 16 heavy (non-hydrogen) atoms. The van der Waals surface area contributed by atoms with Crippen LogP contribution in [-0.2, 0) is 9.84 Å². The molecule has 2 aromatic rings. The summed E-state index contributed by atoms with van der Waals surface area (Å²) >= 11 is 0. The second-order valence-corrected chi connectivity index (χ2v) is 5.73. The number of hydrogen-bond donors (Lipinski definition) is 1. The molecule has 0 atom stereocenters. The van der Waals surface area contributed by atoms with E-state index >= 15 is 0 Å². The Morgan fingerprint density at radius 1 is 1.19 bits per heavy atom. The van der Waals surface area contributed by atoms with E-state index in [0.717, 1.165) is 11.1 Å². The lowest BCUT2D eigenvalue weighted by atomic mass is 10.1. The second-order valence-electron chi connectivity index (χ2n) is 3.75. The summed E-state index contributed by atoms with van der Waals surface area (Å²) in [6.45, 7) is 1.98. The zero-order valence-electron chi connectivity index (χ0n) is 9.06. The first-order valence-electron chi connectivity index (χ1n) is 4.79. The maximum atomic E-state index is 11.5. The van der Waals surface area contributed by atoms with Crippen LogP contribution in [-0.4, -0.2) is 24.9 Å². The Bertz CT molecular complexity index is 597. The highest BCUT2D eigenvalue weighted by Crippen LogP contribution is 2.24. The highest BCUT2D eigenvalue weighted by molar-refractivity contribution is 7.90. The van der Waals surface area contributed by atoms with Crippen molar-refractivity contribution >= 4 is 9.84 Å². The average molecular weight is 236 g/mol. The number of hydrogen-bond acceptors (Lipinski definition) is 3. The van der Waals surface area contributed by atoms with E-state index in [1.165, 1.54) is 12.5 Å². The van der Waals surface area contributed by atoms with Gasteiger partial charge in [0.25, 0.3) is 0 Å². The third-order valence-electron chi connectivity index (χ3n) is 2.34. The summed E-state index contributed by atoms with van der Waals surface area (Å²) < 4.78 is 23.0. The fourth-order valence-corrected chi connectivity index (χ4v) is 2.26. The number of aryl methyl sites for hydroxylation is 1. The lowest BCUT2D eigenvalue weighted by molar-refractivity contribution is 0.602. The molecule has 0 bridgehead atoms. The van der Waals surface area contributed by atoms with Crippen LogP contribution in [0.25, 0.3) is 11.3 Å². The van der Waals surface area contributed by atoms with Crippen molar-refractivity contribution in [3.63, 3.8) is 0 Å². The zero-order chi connectivity index (χ0) is 11.8. The Hall–Kier alpha value is -1.62. The van der Waals surface area contributed by atoms with E-state index in [-0.39, 0.29) is 4.90 Å². The molecule has 0 radical (unpaired) electrons. The van der Waals surface area contributed by atoms with Crippen LogP contribution in [0.1, 0.15) is 5.56 Å². The summed E-state index contributed by atoms with van der Waals surface area (Å²) in [5.74, 6) is 0. The number of nitrogens with one attached hydrogen (secondary N) is 1. The molecule has 1 heterocycles. The molecule has 0 amide bonds. The van der Waals surface area contributed by atoms with Gasteiger partial charge in [0, 0.05) is 11.8 Å². The minimum atomic E-state index is -3.24. The van der Waals surface area contributed by atoms with Crippen LogP contribution in [0.15, 0.2) is 35.4 Å². The predicted molar refractivity (Wildman–Crippen MR) is 61.9 cm³/mol. The number of aromatic nitrogens is 2. The van der Waals surface area contributed by atoms with Crippen LogP contribution in [0.4, 0.5) is 0 Å². The number of H-pyrrole nitrogens is 1. The van der Waals surface area contributed by atoms with Gasteiger partial charge < -0.3 is 0 Å². The van der Waals surface area contributed by atoms with E-state index in [1.807, 2.05) is 31.2 Å². The van der Waals surface area contributed by atoms with Gasteiger partial charge in [-0.1, -0.05) is 29.8 Å². The predicted octanol–water partition coefficient (Wildman–Crippen LogP) is 1.79. The lowest BCUT2D eigenvalue weighted by Crippen LogP contribution is -1.97. The SMILES string of the molecule is Cc1ccc(-c2[nH]ncc2S(C)(=O)=O)cc1. The molecule has 1 aromatic heterocycles. The van der Waals surface area contributed by atoms with Gasteiger partial charge in [-0.3, -0.25) is 5.10 Å². The van der Waals surface area contributed by atoms with Crippen molar-refractivity contribution in [2.45, 2.75) is 11.8 Å². The quantitative estimate of drug-likeness (QED) is 0.864. The largest absolute Gasteiger partial charge is 0.276 e. The second kappa shape index (κ2) is 3.75. The summed E-state index contributed by atoms with van der Waals surface area (Å²) in [7, 11) is -3.24. The van der Waals surface area contributed by atoms with Crippen LogP contribution < -0.4 is 0 Å². The Balaban J connectivity index is 2.58. The molecule has 0 aliphatic rings.